The van der Waals surface area contributed by atoms with E-state index in [4.69, 9.17) is 22.1 Å². The summed E-state index contributed by atoms with van der Waals surface area (Å²) in [5.41, 5.74) is 8.86. The van der Waals surface area contributed by atoms with Crippen LogP contribution in [0.1, 0.15) is 23.6 Å². The highest BCUT2D eigenvalue weighted by Crippen LogP contribution is 2.31. The van der Waals surface area contributed by atoms with Gasteiger partial charge in [0.1, 0.15) is 5.75 Å². The number of nitrogens with two attached hydrogens (primary N) is 1. The van der Waals surface area contributed by atoms with Gasteiger partial charge in [-0.05, 0) is 56.5 Å². The minimum atomic E-state index is 0.611. The molecular formula is C12H18ClNO. The van der Waals surface area contributed by atoms with Crippen LogP contribution >= 0.6 is 11.6 Å². The molecule has 0 atom stereocenters. The van der Waals surface area contributed by atoms with Gasteiger partial charge in [-0.3, -0.25) is 0 Å². The van der Waals surface area contributed by atoms with E-state index in [1.807, 2.05) is 26.8 Å². The quantitative estimate of drug-likeness (QED) is 0.859. The first-order chi connectivity index (χ1) is 7.11. The SMILES string of the molecule is CCOc1cc(C)c(Cl)c(C)c1CCN. The average molecular weight is 228 g/mol. The third kappa shape index (κ3) is 2.64. The molecule has 0 saturated carbocycles. The summed E-state index contributed by atoms with van der Waals surface area (Å²) in [5, 5.41) is 0.821. The minimum absolute atomic E-state index is 0.611. The number of ether oxygens (including phenoxy) is 1. The first-order valence-electron chi connectivity index (χ1n) is 5.23. The smallest absolute Gasteiger partial charge is 0.123 e. The Morgan fingerprint density at radius 1 is 1.40 bits per heavy atom. The number of benzene rings is 1. The summed E-state index contributed by atoms with van der Waals surface area (Å²) in [6, 6.07) is 1.99. The van der Waals surface area contributed by atoms with E-state index in [-0.39, 0.29) is 0 Å². The van der Waals surface area contributed by atoms with Crippen LogP contribution in [-0.4, -0.2) is 13.2 Å². The van der Waals surface area contributed by atoms with Gasteiger partial charge >= 0.3 is 0 Å². The van der Waals surface area contributed by atoms with E-state index in [1.54, 1.807) is 0 Å². The summed E-state index contributed by atoms with van der Waals surface area (Å²) < 4.78 is 5.59. The molecular weight excluding hydrogens is 210 g/mol. The summed E-state index contributed by atoms with van der Waals surface area (Å²) in [4.78, 5) is 0. The molecule has 0 saturated heterocycles. The second-order valence-corrected chi connectivity index (χ2v) is 3.96. The van der Waals surface area contributed by atoms with E-state index in [2.05, 4.69) is 0 Å². The van der Waals surface area contributed by atoms with Crippen LogP contribution in [-0.2, 0) is 6.42 Å². The van der Waals surface area contributed by atoms with Crippen molar-refractivity contribution in [1.29, 1.82) is 0 Å². The van der Waals surface area contributed by atoms with Gasteiger partial charge in [-0.2, -0.15) is 0 Å². The summed E-state index contributed by atoms with van der Waals surface area (Å²) in [7, 11) is 0. The van der Waals surface area contributed by atoms with Gasteiger partial charge in [0.25, 0.3) is 0 Å². The summed E-state index contributed by atoms with van der Waals surface area (Å²) in [6.45, 7) is 7.26. The molecule has 2 N–H and O–H groups in total. The molecule has 1 aromatic carbocycles. The van der Waals surface area contributed by atoms with Crippen LogP contribution < -0.4 is 10.5 Å². The number of hydrogen-bond donors (Lipinski definition) is 1. The Kier molecular flexibility index (Phi) is 4.43. The molecule has 0 aliphatic carbocycles. The molecule has 0 spiro atoms. The van der Waals surface area contributed by atoms with Crippen molar-refractivity contribution in [2.75, 3.05) is 13.2 Å². The van der Waals surface area contributed by atoms with Gasteiger partial charge in [0.2, 0.25) is 0 Å². The molecule has 1 aromatic rings. The zero-order valence-corrected chi connectivity index (χ0v) is 10.3. The Balaban J connectivity index is 3.23. The molecule has 0 aliphatic heterocycles. The Bertz CT molecular complexity index is 350. The first-order valence-corrected chi connectivity index (χ1v) is 5.61. The van der Waals surface area contributed by atoms with E-state index in [1.165, 1.54) is 0 Å². The maximum Gasteiger partial charge on any atom is 0.123 e. The van der Waals surface area contributed by atoms with Gasteiger partial charge in [-0.1, -0.05) is 11.6 Å². The van der Waals surface area contributed by atoms with Gasteiger partial charge in [-0.25, -0.2) is 0 Å². The molecule has 84 valence electrons. The molecule has 1 rings (SSSR count). The molecule has 0 unspecified atom stereocenters. The molecule has 0 radical (unpaired) electrons. The van der Waals surface area contributed by atoms with Crippen LogP contribution in [0.25, 0.3) is 0 Å². The standard InChI is InChI=1S/C12H18ClNO/c1-4-15-11-7-8(2)12(13)9(3)10(11)5-6-14/h7H,4-6,14H2,1-3H3. The summed E-state index contributed by atoms with van der Waals surface area (Å²) >= 11 is 6.19. The van der Waals surface area contributed by atoms with Crippen LogP contribution in [0, 0.1) is 13.8 Å². The van der Waals surface area contributed by atoms with Crippen molar-refractivity contribution in [3.63, 3.8) is 0 Å². The summed E-state index contributed by atoms with van der Waals surface area (Å²) in [5.74, 6) is 0.919. The number of halogens is 1. The lowest BCUT2D eigenvalue weighted by atomic mass is 10.0. The lowest BCUT2D eigenvalue weighted by Gasteiger charge is -2.15. The molecule has 2 nitrogen and oxygen atoms in total. The maximum atomic E-state index is 6.19. The molecule has 3 heteroatoms. The Hall–Kier alpha value is -0.730. The second-order valence-electron chi connectivity index (χ2n) is 3.58. The largest absolute Gasteiger partial charge is 0.494 e. The molecule has 15 heavy (non-hydrogen) atoms. The minimum Gasteiger partial charge on any atom is -0.494 e. The van der Waals surface area contributed by atoms with E-state index in [0.717, 1.165) is 33.9 Å². The van der Waals surface area contributed by atoms with Crippen molar-refractivity contribution in [1.82, 2.24) is 0 Å². The van der Waals surface area contributed by atoms with Crippen LogP contribution in [0.5, 0.6) is 5.75 Å². The van der Waals surface area contributed by atoms with E-state index in [0.29, 0.717) is 13.2 Å². The van der Waals surface area contributed by atoms with Crippen molar-refractivity contribution in [2.45, 2.75) is 27.2 Å². The van der Waals surface area contributed by atoms with Crippen molar-refractivity contribution in [2.24, 2.45) is 5.73 Å². The van der Waals surface area contributed by atoms with Gasteiger partial charge < -0.3 is 10.5 Å². The maximum absolute atomic E-state index is 6.19. The predicted octanol–water partition coefficient (Wildman–Crippen LogP) is 2.86. The molecule has 0 aliphatic rings. The van der Waals surface area contributed by atoms with Crippen LogP contribution in [0.3, 0.4) is 0 Å². The zero-order valence-electron chi connectivity index (χ0n) is 9.56. The highest BCUT2D eigenvalue weighted by atomic mass is 35.5. The normalized spacial score (nSPS) is 10.5. The Morgan fingerprint density at radius 3 is 2.60 bits per heavy atom. The fourth-order valence-electron chi connectivity index (χ4n) is 1.70. The topological polar surface area (TPSA) is 35.2 Å². The van der Waals surface area contributed by atoms with Gasteiger partial charge in [0.05, 0.1) is 6.61 Å². The molecule has 0 bridgehead atoms. The Labute approximate surface area is 96.4 Å². The average Bonchev–Trinajstić information content (AvgIpc) is 2.21. The van der Waals surface area contributed by atoms with E-state index >= 15 is 0 Å². The predicted molar refractivity (Wildman–Crippen MR) is 64.9 cm³/mol. The van der Waals surface area contributed by atoms with Crippen LogP contribution in [0.4, 0.5) is 0 Å². The number of aryl methyl sites for hydroxylation is 1. The number of rotatable bonds is 4. The first kappa shape index (κ1) is 12.3. The van der Waals surface area contributed by atoms with E-state index in [9.17, 15) is 0 Å². The van der Waals surface area contributed by atoms with Gasteiger partial charge in [-0.15, -0.1) is 0 Å². The third-order valence-corrected chi connectivity index (χ3v) is 3.05. The Morgan fingerprint density at radius 2 is 2.07 bits per heavy atom. The van der Waals surface area contributed by atoms with E-state index < -0.39 is 0 Å². The fraction of sp³-hybridized carbons (Fsp3) is 0.500. The number of hydrogen-bond acceptors (Lipinski definition) is 2. The van der Waals surface area contributed by atoms with Gasteiger partial charge in [0, 0.05) is 5.02 Å². The van der Waals surface area contributed by atoms with Gasteiger partial charge in [0.15, 0.2) is 0 Å². The van der Waals surface area contributed by atoms with Crippen LogP contribution in [0.2, 0.25) is 5.02 Å². The lowest BCUT2D eigenvalue weighted by Crippen LogP contribution is -2.08. The highest BCUT2D eigenvalue weighted by Gasteiger charge is 2.11. The lowest BCUT2D eigenvalue weighted by molar-refractivity contribution is 0.336. The highest BCUT2D eigenvalue weighted by molar-refractivity contribution is 6.32. The van der Waals surface area contributed by atoms with Crippen LogP contribution in [0.15, 0.2) is 6.07 Å². The van der Waals surface area contributed by atoms with Crippen molar-refractivity contribution in [3.05, 3.63) is 27.8 Å². The second kappa shape index (κ2) is 5.38. The molecule has 0 amide bonds. The fourth-order valence-corrected chi connectivity index (χ4v) is 1.87. The van der Waals surface area contributed by atoms with Crippen molar-refractivity contribution >= 4 is 11.6 Å². The van der Waals surface area contributed by atoms with Crippen molar-refractivity contribution < 1.29 is 4.74 Å². The summed E-state index contributed by atoms with van der Waals surface area (Å²) in [6.07, 6.45) is 0.807. The zero-order chi connectivity index (χ0) is 11.4. The molecule has 0 aromatic heterocycles. The molecule has 0 heterocycles. The third-order valence-electron chi connectivity index (χ3n) is 2.47. The van der Waals surface area contributed by atoms with Crippen molar-refractivity contribution in [3.8, 4) is 5.75 Å². The monoisotopic (exact) mass is 227 g/mol. The molecule has 0 fully saturated rings.